The second-order valence-electron chi connectivity index (χ2n) is 4.03. The Bertz CT molecular complexity index is 311. The van der Waals surface area contributed by atoms with Crippen LogP contribution in [0.2, 0.25) is 0 Å². The normalized spacial score (nSPS) is 25.7. The zero-order chi connectivity index (χ0) is 10.7. The SMILES string of the molecule is CCSC1CCC(Nc2nc(C)cs2)C1. The van der Waals surface area contributed by atoms with E-state index in [4.69, 9.17) is 0 Å². The smallest absolute Gasteiger partial charge is 0.183 e. The van der Waals surface area contributed by atoms with Gasteiger partial charge in [0.2, 0.25) is 0 Å². The van der Waals surface area contributed by atoms with E-state index in [1.165, 1.54) is 25.0 Å². The first-order chi connectivity index (χ1) is 7.28. The van der Waals surface area contributed by atoms with Gasteiger partial charge >= 0.3 is 0 Å². The molecule has 0 aliphatic heterocycles. The van der Waals surface area contributed by atoms with Crippen LogP contribution in [0.15, 0.2) is 5.38 Å². The molecule has 1 aromatic heterocycles. The molecule has 15 heavy (non-hydrogen) atoms. The summed E-state index contributed by atoms with van der Waals surface area (Å²) < 4.78 is 0. The molecule has 84 valence electrons. The average Bonchev–Trinajstić information content (AvgIpc) is 2.78. The molecule has 0 aromatic carbocycles. The van der Waals surface area contributed by atoms with Crippen molar-refractivity contribution in [2.75, 3.05) is 11.1 Å². The summed E-state index contributed by atoms with van der Waals surface area (Å²) in [6, 6.07) is 0.652. The van der Waals surface area contributed by atoms with Gasteiger partial charge in [-0.2, -0.15) is 11.8 Å². The Balaban J connectivity index is 1.82. The van der Waals surface area contributed by atoms with Crippen LogP contribution in [-0.4, -0.2) is 22.0 Å². The maximum atomic E-state index is 4.45. The molecule has 1 saturated carbocycles. The van der Waals surface area contributed by atoms with E-state index in [0.29, 0.717) is 6.04 Å². The van der Waals surface area contributed by atoms with Crippen molar-refractivity contribution in [3.8, 4) is 0 Å². The van der Waals surface area contributed by atoms with E-state index >= 15 is 0 Å². The van der Waals surface area contributed by atoms with Crippen LogP contribution in [0.1, 0.15) is 31.9 Å². The van der Waals surface area contributed by atoms with Crippen molar-refractivity contribution in [1.29, 1.82) is 0 Å². The molecule has 2 unspecified atom stereocenters. The van der Waals surface area contributed by atoms with Gasteiger partial charge in [-0.3, -0.25) is 0 Å². The Morgan fingerprint density at radius 2 is 2.47 bits per heavy atom. The predicted octanol–water partition coefficient (Wildman–Crippen LogP) is 3.54. The highest BCUT2D eigenvalue weighted by Crippen LogP contribution is 2.31. The minimum atomic E-state index is 0.652. The maximum absolute atomic E-state index is 4.45. The number of nitrogens with zero attached hydrogens (tertiary/aromatic N) is 1. The average molecular weight is 242 g/mol. The molecule has 0 bridgehead atoms. The van der Waals surface area contributed by atoms with Gasteiger partial charge in [0.25, 0.3) is 0 Å². The van der Waals surface area contributed by atoms with Crippen molar-refractivity contribution in [3.63, 3.8) is 0 Å². The molecule has 1 aliphatic carbocycles. The lowest BCUT2D eigenvalue weighted by Crippen LogP contribution is -2.15. The number of aryl methyl sites for hydroxylation is 1. The van der Waals surface area contributed by atoms with Crippen LogP contribution >= 0.6 is 23.1 Å². The number of aromatic nitrogens is 1. The Labute approximate surface area is 99.9 Å². The van der Waals surface area contributed by atoms with Crippen LogP contribution in [0.5, 0.6) is 0 Å². The fourth-order valence-electron chi connectivity index (χ4n) is 2.05. The van der Waals surface area contributed by atoms with Crippen LogP contribution < -0.4 is 5.32 Å². The Kier molecular flexibility index (Phi) is 3.92. The Morgan fingerprint density at radius 1 is 1.60 bits per heavy atom. The first-order valence-corrected chi connectivity index (χ1v) is 7.51. The summed E-state index contributed by atoms with van der Waals surface area (Å²) in [5.41, 5.74) is 1.12. The highest BCUT2D eigenvalue weighted by Gasteiger charge is 2.24. The second kappa shape index (κ2) is 5.21. The molecule has 0 saturated heterocycles. The summed E-state index contributed by atoms with van der Waals surface area (Å²) in [5, 5.41) is 7.62. The Morgan fingerprint density at radius 3 is 3.13 bits per heavy atom. The van der Waals surface area contributed by atoms with Crippen molar-refractivity contribution in [2.24, 2.45) is 0 Å². The molecule has 1 aromatic rings. The molecule has 1 aliphatic rings. The van der Waals surface area contributed by atoms with Crippen molar-refractivity contribution >= 4 is 28.2 Å². The topological polar surface area (TPSA) is 24.9 Å². The van der Waals surface area contributed by atoms with Gasteiger partial charge in [-0.05, 0) is 31.9 Å². The number of rotatable bonds is 4. The third kappa shape index (κ3) is 3.11. The van der Waals surface area contributed by atoms with Crippen molar-refractivity contribution in [3.05, 3.63) is 11.1 Å². The third-order valence-corrected chi connectivity index (χ3v) is 4.86. The van der Waals surface area contributed by atoms with Crippen LogP contribution in [-0.2, 0) is 0 Å². The number of thioether (sulfide) groups is 1. The standard InChI is InChI=1S/C11H18N2S2/c1-3-14-10-5-4-9(6-10)13-11-12-8(2)7-15-11/h7,9-10H,3-6H2,1-2H3,(H,12,13). The first kappa shape index (κ1) is 11.3. The van der Waals surface area contributed by atoms with E-state index in [2.05, 4.69) is 34.4 Å². The monoisotopic (exact) mass is 242 g/mol. The zero-order valence-corrected chi connectivity index (χ0v) is 11.0. The molecule has 4 heteroatoms. The molecular formula is C11H18N2S2. The summed E-state index contributed by atoms with van der Waals surface area (Å²) in [5.74, 6) is 1.24. The lowest BCUT2D eigenvalue weighted by molar-refractivity contribution is 0.755. The van der Waals surface area contributed by atoms with E-state index in [-0.39, 0.29) is 0 Å². The Hall–Kier alpha value is -0.220. The quantitative estimate of drug-likeness (QED) is 0.874. The van der Waals surface area contributed by atoms with Crippen molar-refractivity contribution in [2.45, 2.75) is 44.4 Å². The zero-order valence-electron chi connectivity index (χ0n) is 9.32. The van der Waals surface area contributed by atoms with Gasteiger partial charge in [0.05, 0.1) is 5.69 Å². The van der Waals surface area contributed by atoms with Crippen LogP contribution in [0.25, 0.3) is 0 Å². The molecule has 2 nitrogen and oxygen atoms in total. The maximum Gasteiger partial charge on any atom is 0.183 e. The lowest BCUT2D eigenvalue weighted by Gasteiger charge is -2.11. The number of hydrogen-bond acceptors (Lipinski definition) is 4. The van der Waals surface area contributed by atoms with Crippen molar-refractivity contribution in [1.82, 2.24) is 4.98 Å². The fourth-order valence-corrected chi connectivity index (χ4v) is 3.96. The minimum absolute atomic E-state index is 0.652. The summed E-state index contributed by atoms with van der Waals surface area (Å²) in [6.45, 7) is 4.29. The molecule has 2 atom stereocenters. The van der Waals surface area contributed by atoms with E-state index in [0.717, 1.165) is 16.1 Å². The number of thiazole rings is 1. The lowest BCUT2D eigenvalue weighted by atomic mass is 10.3. The van der Waals surface area contributed by atoms with E-state index in [1.54, 1.807) is 11.3 Å². The second-order valence-corrected chi connectivity index (χ2v) is 6.46. The van der Waals surface area contributed by atoms with E-state index in [1.807, 2.05) is 6.92 Å². The third-order valence-electron chi connectivity index (χ3n) is 2.73. The molecule has 2 rings (SSSR count). The van der Waals surface area contributed by atoms with Gasteiger partial charge in [-0.25, -0.2) is 4.98 Å². The van der Waals surface area contributed by atoms with Gasteiger partial charge < -0.3 is 5.32 Å². The molecule has 0 radical (unpaired) electrons. The summed E-state index contributed by atoms with van der Waals surface area (Å²) in [6.07, 6.45) is 3.97. The predicted molar refractivity (Wildman–Crippen MR) is 70.0 cm³/mol. The summed E-state index contributed by atoms with van der Waals surface area (Å²) in [4.78, 5) is 4.45. The van der Waals surface area contributed by atoms with Gasteiger partial charge in [0.15, 0.2) is 5.13 Å². The van der Waals surface area contributed by atoms with E-state index in [9.17, 15) is 0 Å². The molecule has 1 heterocycles. The summed E-state index contributed by atoms with van der Waals surface area (Å²) in [7, 11) is 0. The molecular weight excluding hydrogens is 224 g/mol. The summed E-state index contributed by atoms with van der Waals surface area (Å²) >= 11 is 3.82. The number of hydrogen-bond donors (Lipinski definition) is 1. The number of nitrogens with one attached hydrogen (secondary N) is 1. The van der Waals surface area contributed by atoms with Gasteiger partial charge in [0.1, 0.15) is 0 Å². The number of anilines is 1. The minimum Gasteiger partial charge on any atom is -0.359 e. The van der Waals surface area contributed by atoms with Crippen LogP contribution in [0, 0.1) is 6.92 Å². The van der Waals surface area contributed by atoms with Crippen LogP contribution in [0.4, 0.5) is 5.13 Å². The fraction of sp³-hybridized carbons (Fsp3) is 0.727. The molecule has 0 amide bonds. The van der Waals surface area contributed by atoms with Crippen LogP contribution in [0.3, 0.4) is 0 Å². The van der Waals surface area contributed by atoms with Gasteiger partial charge in [0, 0.05) is 16.7 Å². The van der Waals surface area contributed by atoms with E-state index < -0.39 is 0 Å². The van der Waals surface area contributed by atoms with Gasteiger partial charge in [-0.1, -0.05) is 6.92 Å². The highest BCUT2D eigenvalue weighted by molar-refractivity contribution is 7.99. The molecule has 1 fully saturated rings. The van der Waals surface area contributed by atoms with Gasteiger partial charge in [-0.15, -0.1) is 11.3 Å². The highest BCUT2D eigenvalue weighted by atomic mass is 32.2. The molecule has 0 spiro atoms. The first-order valence-electron chi connectivity index (χ1n) is 5.58. The largest absolute Gasteiger partial charge is 0.359 e. The van der Waals surface area contributed by atoms with Crippen molar-refractivity contribution < 1.29 is 0 Å². The molecule has 1 N–H and O–H groups in total.